The van der Waals surface area contributed by atoms with E-state index >= 15 is 0 Å². The van der Waals surface area contributed by atoms with Crippen LogP contribution in [0.1, 0.15) is 34.8 Å². The van der Waals surface area contributed by atoms with E-state index in [4.69, 9.17) is 9.47 Å². The number of carbonyl (C=O) groups excluding carboxylic acids is 1. The number of methoxy groups -OCH3 is 2. The van der Waals surface area contributed by atoms with Crippen LogP contribution >= 0.6 is 15.9 Å². The Balaban J connectivity index is 1.93. The van der Waals surface area contributed by atoms with E-state index in [9.17, 15) is 4.79 Å². The van der Waals surface area contributed by atoms with E-state index in [0.717, 1.165) is 40.9 Å². The first-order valence-electron chi connectivity index (χ1n) is 7.92. The van der Waals surface area contributed by atoms with Gasteiger partial charge in [0.15, 0.2) is 0 Å². The molecule has 2 aromatic carbocycles. The first-order valence-corrected chi connectivity index (χ1v) is 8.72. The molecule has 1 saturated heterocycles. The number of hydrogen-bond acceptors (Lipinski definition) is 3. The lowest BCUT2D eigenvalue weighted by molar-refractivity contribution is 0.0734. The van der Waals surface area contributed by atoms with Gasteiger partial charge in [0.1, 0.15) is 11.5 Å². The fraction of sp³-hybridized carbons (Fsp3) is 0.316. The first-order chi connectivity index (χ1) is 11.6. The molecular formula is C19H20BrNO3. The maximum atomic E-state index is 12.9. The molecule has 1 fully saturated rings. The zero-order valence-electron chi connectivity index (χ0n) is 13.8. The smallest absolute Gasteiger partial charge is 0.254 e. The molecule has 0 aliphatic carbocycles. The van der Waals surface area contributed by atoms with Crippen LogP contribution in [0, 0.1) is 0 Å². The molecule has 0 aromatic heterocycles. The highest BCUT2D eigenvalue weighted by molar-refractivity contribution is 9.10. The van der Waals surface area contributed by atoms with Crippen molar-refractivity contribution >= 4 is 21.8 Å². The second-order valence-electron chi connectivity index (χ2n) is 5.77. The van der Waals surface area contributed by atoms with E-state index in [0.29, 0.717) is 5.56 Å². The molecule has 2 aromatic rings. The molecule has 3 rings (SSSR count). The molecule has 0 bridgehead atoms. The number of hydrogen-bond donors (Lipinski definition) is 0. The van der Waals surface area contributed by atoms with Crippen LogP contribution in [-0.2, 0) is 0 Å². The minimum absolute atomic E-state index is 0.00574. The van der Waals surface area contributed by atoms with Gasteiger partial charge in [-0.1, -0.05) is 15.9 Å². The molecule has 126 valence electrons. The molecule has 0 saturated carbocycles. The molecule has 0 unspecified atom stereocenters. The largest absolute Gasteiger partial charge is 0.497 e. The van der Waals surface area contributed by atoms with Crippen molar-refractivity contribution in [3.05, 3.63) is 58.1 Å². The molecule has 1 aliphatic heterocycles. The van der Waals surface area contributed by atoms with E-state index in [2.05, 4.69) is 15.9 Å². The Morgan fingerprint density at radius 3 is 2.54 bits per heavy atom. The van der Waals surface area contributed by atoms with Crippen LogP contribution in [0.15, 0.2) is 46.9 Å². The third-order valence-electron chi connectivity index (χ3n) is 4.40. The summed E-state index contributed by atoms with van der Waals surface area (Å²) in [4.78, 5) is 14.9. The number of ether oxygens (including phenoxy) is 2. The molecule has 0 radical (unpaired) electrons. The molecule has 4 nitrogen and oxygen atoms in total. The van der Waals surface area contributed by atoms with Gasteiger partial charge in [-0.2, -0.15) is 0 Å². The summed E-state index contributed by atoms with van der Waals surface area (Å²) in [5.41, 5.74) is 1.70. The molecular weight excluding hydrogens is 370 g/mol. The van der Waals surface area contributed by atoms with Gasteiger partial charge < -0.3 is 14.4 Å². The average Bonchev–Trinajstić information content (AvgIpc) is 3.10. The first kappa shape index (κ1) is 16.8. The number of amides is 1. The number of likely N-dealkylation sites (tertiary alicyclic amines) is 1. The van der Waals surface area contributed by atoms with Crippen molar-refractivity contribution in [2.24, 2.45) is 0 Å². The van der Waals surface area contributed by atoms with E-state index in [1.54, 1.807) is 14.2 Å². The second kappa shape index (κ2) is 7.26. The molecule has 1 aliphatic rings. The van der Waals surface area contributed by atoms with Crippen molar-refractivity contribution in [2.75, 3.05) is 20.8 Å². The lowest BCUT2D eigenvalue weighted by Gasteiger charge is -2.27. The summed E-state index contributed by atoms with van der Waals surface area (Å²) in [5, 5.41) is 0. The summed E-state index contributed by atoms with van der Waals surface area (Å²) in [6.07, 6.45) is 1.90. The maximum absolute atomic E-state index is 12.9. The van der Waals surface area contributed by atoms with Crippen LogP contribution in [0.5, 0.6) is 11.5 Å². The number of carbonyl (C=O) groups is 1. The van der Waals surface area contributed by atoms with Crippen LogP contribution in [0.4, 0.5) is 0 Å². The normalized spacial score (nSPS) is 17.0. The van der Waals surface area contributed by atoms with Crippen LogP contribution in [0.2, 0.25) is 0 Å². The fourth-order valence-corrected chi connectivity index (χ4v) is 3.46. The van der Waals surface area contributed by atoms with E-state index in [1.165, 1.54) is 0 Å². The summed E-state index contributed by atoms with van der Waals surface area (Å²) < 4.78 is 11.8. The van der Waals surface area contributed by atoms with Gasteiger partial charge in [0, 0.05) is 22.1 Å². The van der Waals surface area contributed by atoms with Crippen molar-refractivity contribution in [2.45, 2.75) is 18.9 Å². The Kier molecular flexibility index (Phi) is 5.09. The Morgan fingerprint density at radius 1 is 1.12 bits per heavy atom. The Bertz CT molecular complexity index is 730. The number of benzene rings is 2. The topological polar surface area (TPSA) is 38.8 Å². The number of halogens is 1. The predicted molar refractivity (Wildman–Crippen MR) is 96.7 cm³/mol. The summed E-state index contributed by atoms with van der Waals surface area (Å²) in [7, 11) is 3.30. The quantitative estimate of drug-likeness (QED) is 0.775. The van der Waals surface area contributed by atoms with Gasteiger partial charge in [-0.15, -0.1) is 0 Å². The van der Waals surface area contributed by atoms with Crippen molar-refractivity contribution in [3.63, 3.8) is 0 Å². The zero-order valence-corrected chi connectivity index (χ0v) is 15.4. The molecule has 24 heavy (non-hydrogen) atoms. The Morgan fingerprint density at radius 2 is 1.88 bits per heavy atom. The van der Waals surface area contributed by atoms with Crippen molar-refractivity contribution in [3.8, 4) is 11.5 Å². The van der Waals surface area contributed by atoms with Gasteiger partial charge in [0.2, 0.25) is 0 Å². The Labute approximate surface area is 150 Å². The van der Waals surface area contributed by atoms with Crippen molar-refractivity contribution in [1.29, 1.82) is 0 Å². The third-order valence-corrected chi connectivity index (χ3v) is 4.93. The van der Waals surface area contributed by atoms with Crippen molar-refractivity contribution in [1.82, 2.24) is 4.90 Å². The van der Waals surface area contributed by atoms with E-state index in [-0.39, 0.29) is 11.9 Å². The standard InChI is InChI=1S/C19H20BrNO3/c1-23-15-9-10-18(24-2)16(12-15)17-4-3-11-21(17)19(22)13-5-7-14(20)8-6-13/h5-10,12,17H,3-4,11H2,1-2H3/t17-/m1/s1. The summed E-state index contributed by atoms with van der Waals surface area (Å²) in [5.74, 6) is 1.61. The van der Waals surface area contributed by atoms with Crippen molar-refractivity contribution < 1.29 is 14.3 Å². The fourth-order valence-electron chi connectivity index (χ4n) is 3.19. The highest BCUT2D eigenvalue weighted by Crippen LogP contribution is 2.39. The lowest BCUT2D eigenvalue weighted by atomic mass is 10.0. The van der Waals surface area contributed by atoms with Crippen LogP contribution in [-0.4, -0.2) is 31.6 Å². The monoisotopic (exact) mass is 389 g/mol. The molecule has 0 N–H and O–H groups in total. The number of rotatable bonds is 4. The van der Waals surface area contributed by atoms with Gasteiger partial charge in [0.25, 0.3) is 5.91 Å². The van der Waals surface area contributed by atoms with Gasteiger partial charge in [-0.3, -0.25) is 4.79 Å². The highest BCUT2D eigenvalue weighted by Gasteiger charge is 2.32. The highest BCUT2D eigenvalue weighted by atomic mass is 79.9. The predicted octanol–water partition coefficient (Wildman–Crippen LogP) is 4.44. The molecule has 1 atom stereocenters. The van der Waals surface area contributed by atoms with Gasteiger partial charge >= 0.3 is 0 Å². The zero-order chi connectivity index (χ0) is 17.1. The molecule has 1 amide bonds. The second-order valence-corrected chi connectivity index (χ2v) is 6.69. The van der Waals surface area contributed by atoms with Gasteiger partial charge in [-0.05, 0) is 55.3 Å². The lowest BCUT2D eigenvalue weighted by Crippen LogP contribution is -2.30. The molecule has 1 heterocycles. The third kappa shape index (κ3) is 3.26. The van der Waals surface area contributed by atoms with Crippen LogP contribution in [0.25, 0.3) is 0 Å². The maximum Gasteiger partial charge on any atom is 0.254 e. The van der Waals surface area contributed by atoms with Gasteiger partial charge in [-0.25, -0.2) is 0 Å². The van der Waals surface area contributed by atoms with E-state index in [1.807, 2.05) is 47.4 Å². The SMILES string of the molecule is COc1ccc(OC)c([C@H]2CCCN2C(=O)c2ccc(Br)cc2)c1. The summed E-state index contributed by atoms with van der Waals surface area (Å²) >= 11 is 3.41. The van der Waals surface area contributed by atoms with Crippen LogP contribution in [0.3, 0.4) is 0 Å². The van der Waals surface area contributed by atoms with E-state index < -0.39 is 0 Å². The van der Waals surface area contributed by atoms with Crippen LogP contribution < -0.4 is 9.47 Å². The average molecular weight is 390 g/mol. The van der Waals surface area contributed by atoms with Gasteiger partial charge in [0.05, 0.1) is 20.3 Å². The summed E-state index contributed by atoms with van der Waals surface area (Å²) in [6, 6.07) is 13.2. The minimum atomic E-state index is 0.00574. The molecule has 0 spiro atoms. The number of nitrogens with zero attached hydrogens (tertiary/aromatic N) is 1. The Hall–Kier alpha value is -2.01. The molecule has 5 heteroatoms. The summed E-state index contributed by atoms with van der Waals surface area (Å²) in [6.45, 7) is 0.750. The minimum Gasteiger partial charge on any atom is -0.497 e.